The molecule has 0 spiro atoms. The van der Waals surface area contributed by atoms with Gasteiger partial charge in [-0.25, -0.2) is 8.78 Å². The van der Waals surface area contributed by atoms with Crippen molar-refractivity contribution in [2.75, 3.05) is 26.2 Å². The van der Waals surface area contributed by atoms with Gasteiger partial charge >= 0.3 is 0 Å². The molecule has 2 atom stereocenters. The molecule has 2 saturated heterocycles. The second-order valence-corrected chi connectivity index (χ2v) is 7.16. The van der Waals surface area contributed by atoms with E-state index >= 15 is 0 Å². The minimum Gasteiger partial charge on any atom is -0.298 e. The highest BCUT2D eigenvalue weighted by Crippen LogP contribution is 2.32. The molecule has 2 aliphatic rings. The van der Waals surface area contributed by atoms with Crippen LogP contribution in [0.25, 0.3) is 0 Å². The van der Waals surface area contributed by atoms with E-state index < -0.39 is 0 Å². The van der Waals surface area contributed by atoms with E-state index in [2.05, 4.69) is 9.80 Å². The standard InChI is InChI=1S/C20H22F2N2/c21-19-6-4-15(5-7-19)9-23-11-17-13-24(14-18(17)12-23)10-16-2-1-3-20(22)8-16/h1-8,17-18H,9-14H2/t17-,18+. The Morgan fingerprint density at radius 3 is 1.88 bits per heavy atom. The average Bonchev–Trinajstić information content (AvgIpc) is 3.07. The van der Waals surface area contributed by atoms with E-state index in [0.29, 0.717) is 11.8 Å². The van der Waals surface area contributed by atoms with Crippen LogP contribution in [0.1, 0.15) is 11.1 Å². The molecule has 2 fully saturated rings. The summed E-state index contributed by atoms with van der Waals surface area (Å²) in [6, 6.07) is 13.7. The summed E-state index contributed by atoms with van der Waals surface area (Å²) in [6.07, 6.45) is 0. The van der Waals surface area contributed by atoms with E-state index in [9.17, 15) is 8.78 Å². The highest BCUT2D eigenvalue weighted by molar-refractivity contribution is 5.17. The van der Waals surface area contributed by atoms with E-state index in [1.165, 1.54) is 23.8 Å². The molecule has 2 aromatic carbocycles. The number of likely N-dealkylation sites (tertiary alicyclic amines) is 2. The minimum atomic E-state index is -0.176. The topological polar surface area (TPSA) is 6.48 Å². The van der Waals surface area contributed by atoms with Crippen LogP contribution >= 0.6 is 0 Å². The molecule has 0 aliphatic carbocycles. The fourth-order valence-electron chi connectivity index (χ4n) is 4.19. The van der Waals surface area contributed by atoms with Crippen LogP contribution in [0.2, 0.25) is 0 Å². The van der Waals surface area contributed by atoms with Gasteiger partial charge in [0.25, 0.3) is 0 Å². The van der Waals surface area contributed by atoms with Gasteiger partial charge in [-0.05, 0) is 47.2 Å². The van der Waals surface area contributed by atoms with Gasteiger partial charge in [0.1, 0.15) is 11.6 Å². The van der Waals surface area contributed by atoms with Crippen molar-refractivity contribution < 1.29 is 8.78 Å². The van der Waals surface area contributed by atoms with Gasteiger partial charge in [0.05, 0.1) is 0 Å². The SMILES string of the molecule is Fc1ccc(CN2C[C@@H]3CN(Cc4cccc(F)c4)C[C@@H]3C2)cc1. The molecule has 2 nitrogen and oxygen atoms in total. The third-order valence-corrected chi connectivity index (χ3v) is 5.25. The Labute approximate surface area is 141 Å². The first-order valence-electron chi connectivity index (χ1n) is 8.59. The third kappa shape index (κ3) is 3.50. The first kappa shape index (κ1) is 15.7. The molecule has 126 valence electrons. The number of benzene rings is 2. The van der Waals surface area contributed by atoms with E-state index in [0.717, 1.165) is 44.8 Å². The minimum absolute atomic E-state index is 0.155. The van der Waals surface area contributed by atoms with Crippen LogP contribution in [-0.2, 0) is 13.1 Å². The van der Waals surface area contributed by atoms with Crippen LogP contribution in [0.5, 0.6) is 0 Å². The van der Waals surface area contributed by atoms with Crippen molar-refractivity contribution in [2.24, 2.45) is 11.8 Å². The highest BCUT2D eigenvalue weighted by atomic mass is 19.1. The zero-order chi connectivity index (χ0) is 16.5. The van der Waals surface area contributed by atoms with Gasteiger partial charge in [-0.2, -0.15) is 0 Å². The number of fused-ring (bicyclic) bond motifs is 1. The Bertz CT molecular complexity index is 687. The molecule has 0 bridgehead atoms. The number of halogens is 2. The Kier molecular flexibility index (Phi) is 4.33. The van der Waals surface area contributed by atoms with Gasteiger partial charge in [0.15, 0.2) is 0 Å². The van der Waals surface area contributed by atoms with E-state index in [4.69, 9.17) is 0 Å². The summed E-state index contributed by atoms with van der Waals surface area (Å²) in [4.78, 5) is 4.92. The van der Waals surface area contributed by atoms with E-state index in [-0.39, 0.29) is 11.6 Å². The quantitative estimate of drug-likeness (QED) is 0.847. The first-order chi connectivity index (χ1) is 11.7. The Morgan fingerprint density at radius 2 is 1.29 bits per heavy atom. The third-order valence-electron chi connectivity index (χ3n) is 5.25. The van der Waals surface area contributed by atoms with Crippen molar-refractivity contribution in [1.82, 2.24) is 9.80 Å². The molecule has 4 heteroatoms. The van der Waals surface area contributed by atoms with Crippen molar-refractivity contribution in [3.63, 3.8) is 0 Å². The van der Waals surface area contributed by atoms with Gasteiger partial charge in [-0.3, -0.25) is 9.80 Å². The molecule has 24 heavy (non-hydrogen) atoms. The summed E-state index contributed by atoms with van der Waals surface area (Å²) in [5.41, 5.74) is 2.23. The fourth-order valence-corrected chi connectivity index (χ4v) is 4.19. The van der Waals surface area contributed by atoms with Crippen LogP contribution in [0.3, 0.4) is 0 Å². The van der Waals surface area contributed by atoms with Crippen molar-refractivity contribution in [2.45, 2.75) is 13.1 Å². The average molecular weight is 328 g/mol. The lowest BCUT2D eigenvalue weighted by atomic mass is 10.0. The summed E-state index contributed by atoms with van der Waals surface area (Å²) in [6.45, 7) is 6.10. The molecule has 0 amide bonds. The van der Waals surface area contributed by atoms with Crippen molar-refractivity contribution in [3.8, 4) is 0 Å². The fraction of sp³-hybridized carbons (Fsp3) is 0.400. The van der Waals surface area contributed by atoms with Crippen molar-refractivity contribution >= 4 is 0 Å². The van der Waals surface area contributed by atoms with Gasteiger partial charge < -0.3 is 0 Å². The maximum absolute atomic E-state index is 13.3. The molecule has 0 radical (unpaired) electrons. The molecule has 4 rings (SSSR count). The largest absolute Gasteiger partial charge is 0.298 e. The number of hydrogen-bond donors (Lipinski definition) is 0. The predicted molar refractivity (Wildman–Crippen MR) is 90.3 cm³/mol. The van der Waals surface area contributed by atoms with Crippen LogP contribution in [-0.4, -0.2) is 36.0 Å². The monoisotopic (exact) mass is 328 g/mol. The van der Waals surface area contributed by atoms with Gasteiger partial charge in [-0.15, -0.1) is 0 Å². The lowest BCUT2D eigenvalue weighted by Crippen LogP contribution is -2.28. The van der Waals surface area contributed by atoms with E-state index in [1.54, 1.807) is 12.1 Å². The van der Waals surface area contributed by atoms with Gasteiger partial charge in [0, 0.05) is 39.3 Å². The lowest BCUT2D eigenvalue weighted by Gasteiger charge is -2.21. The molecule has 0 saturated carbocycles. The normalized spacial score (nSPS) is 24.4. The Balaban J connectivity index is 1.31. The maximum atomic E-state index is 13.3. The molecule has 0 aromatic heterocycles. The van der Waals surface area contributed by atoms with Crippen LogP contribution in [0, 0.1) is 23.5 Å². The zero-order valence-electron chi connectivity index (χ0n) is 13.7. The predicted octanol–water partition coefficient (Wildman–Crippen LogP) is 3.53. The smallest absolute Gasteiger partial charge is 0.123 e. The zero-order valence-corrected chi connectivity index (χ0v) is 13.7. The summed E-state index contributed by atoms with van der Waals surface area (Å²) in [7, 11) is 0. The summed E-state index contributed by atoms with van der Waals surface area (Å²) in [5.74, 6) is 1.06. The lowest BCUT2D eigenvalue weighted by molar-refractivity contribution is 0.246. The molecule has 2 heterocycles. The Morgan fingerprint density at radius 1 is 0.708 bits per heavy atom. The van der Waals surface area contributed by atoms with Crippen molar-refractivity contribution in [3.05, 3.63) is 71.3 Å². The number of nitrogens with zero attached hydrogens (tertiary/aromatic N) is 2. The van der Waals surface area contributed by atoms with Crippen LogP contribution in [0.4, 0.5) is 8.78 Å². The van der Waals surface area contributed by atoms with Crippen LogP contribution in [0.15, 0.2) is 48.5 Å². The van der Waals surface area contributed by atoms with Gasteiger partial charge in [-0.1, -0.05) is 24.3 Å². The Hall–Kier alpha value is -1.78. The molecule has 0 N–H and O–H groups in total. The molecular formula is C20H22F2N2. The molecule has 2 aliphatic heterocycles. The van der Waals surface area contributed by atoms with Crippen molar-refractivity contribution in [1.29, 1.82) is 0 Å². The highest BCUT2D eigenvalue weighted by Gasteiger charge is 2.39. The number of hydrogen-bond acceptors (Lipinski definition) is 2. The molecule has 2 aromatic rings. The summed E-state index contributed by atoms with van der Waals surface area (Å²) in [5, 5.41) is 0. The second-order valence-electron chi connectivity index (χ2n) is 7.16. The number of rotatable bonds is 4. The van der Waals surface area contributed by atoms with E-state index in [1.807, 2.05) is 18.2 Å². The van der Waals surface area contributed by atoms with Crippen LogP contribution < -0.4 is 0 Å². The van der Waals surface area contributed by atoms with Gasteiger partial charge in [0.2, 0.25) is 0 Å². The molecule has 0 unspecified atom stereocenters. The summed E-state index contributed by atoms with van der Waals surface area (Å²) < 4.78 is 26.3. The molecular weight excluding hydrogens is 306 g/mol. The second kappa shape index (κ2) is 6.61. The summed E-state index contributed by atoms with van der Waals surface area (Å²) >= 11 is 0. The maximum Gasteiger partial charge on any atom is 0.123 e. The first-order valence-corrected chi connectivity index (χ1v) is 8.59.